The minimum atomic E-state index is -0.559. The summed E-state index contributed by atoms with van der Waals surface area (Å²) in [5, 5.41) is 0.413. The third-order valence-electron chi connectivity index (χ3n) is 2.17. The standard InChI is InChI=1S/C11H10ClN5O2/c1-7(18)15-16-10-13-6-17(11(19)14-10)9-5-3-2-4-8(9)12/h2-6H,1H3,(H,15,18)(H,14,16,19). The minimum Gasteiger partial charge on any atom is -0.274 e. The number of nitrogens with zero attached hydrogens (tertiary/aromatic N) is 3. The lowest BCUT2D eigenvalue weighted by molar-refractivity contribution is -0.118. The molecular formula is C11H10ClN5O2. The summed E-state index contributed by atoms with van der Waals surface area (Å²) in [6.45, 7) is 1.32. The molecule has 1 aromatic heterocycles. The summed E-state index contributed by atoms with van der Waals surface area (Å²) in [5.41, 5.74) is 4.61. The molecular weight excluding hydrogens is 270 g/mol. The molecule has 0 aliphatic rings. The van der Waals surface area contributed by atoms with E-state index in [9.17, 15) is 9.59 Å². The molecule has 1 amide bonds. The average molecular weight is 280 g/mol. The van der Waals surface area contributed by atoms with Gasteiger partial charge in [-0.2, -0.15) is 4.98 Å². The number of halogens is 1. The third-order valence-corrected chi connectivity index (χ3v) is 2.49. The Bertz CT molecular complexity index is 670. The largest absolute Gasteiger partial charge is 0.356 e. The molecule has 0 aliphatic carbocycles. The zero-order valence-electron chi connectivity index (χ0n) is 9.92. The number of anilines is 1. The van der Waals surface area contributed by atoms with E-state index in [0.29, 0.717) is 10.7 Å². The second kappa shape index (κ2) is 5.49. The summed E-state index contributed by atoms with van der Waals surface area (Å²) < 4.78 is 1.21. The maximum Gasteiger partial charge on any atom is 0.356 e. The van der Waals surface area contributed by atoms with Crippen molar-refractivity contribution in [1.82, 2.24) is 20.0 Å². The summed E-state index contributed by atoms with van der Waals surface area (Å²) in [5.74, 6) is -0.317. The number of carbonyl (C=O) groups is 1. The van der Waals surface area contributed by atoms with Gasteiger partial charge in [0.1, 0.15) is 6.33 Å². The molecule has 0 saturated carbocycles. The number of nitrogens with one attached hydrogen (secondary N) is 2. The van der Waals surface area contributed by atoms with Crippen LogP contribution in [0.1, 0.15) is 6.92 Å². The van der Waals surface area contributed by atoms with E-state index < -0.39 is 5.69 Å². The van der Waals surface area contributed by atoms with Gasteiger partial charge in [0.2, 0.25) is 11.9 Å². The Balaban J connectivity index is 2.33. The number of para-hydroxylation sites is 1. The van der Waals surface area contributed by atoms with Gasteiger partial charge in [-0.15, -0.1) is 0 Å². The Morgan fingerprint density at radius 1 is 1.37 bits per heavy atom. The summed E-state index contributed by atoms with van der Waals surface area (Å²) >= 11 is 5.99. The fourth-order valence-electron chi connectivity index (χ4n) is 1.35. The van der Waals surface area contributed by atoms with E-state index in [2.05, 4.69) is 20.8 Å². The number of carbonyl (C=O) groups excluding carboxylic acids is 1. The van der Waals surface area contributed by atoms with Crippen molar-refractivity contribution in [2.45, 2.75) is 6.92 Å². The maximum absolute atomic E-state index is 11.8. The van der Waals surface area contributed by atoms with Crippen molar-refractivity contribution in [3.63, 3.8) is 0 Å². The van der Waals surface area contributed by atoms with Gasteiger partial charge in [-0.1, -0.05) is 23.7 Å². The van der Waals surface area contributed by atoms with Gasteiger partial charge in [-0.05, 0) is 12.1 Å². The van der Waals surface area contributed by atoms with Crippen molar-refractivity contribution in [3.05, 3.63) is 46.1 Å². The van der Waals surface area contributed by atoms with E-state index in [1.165, 1.54) is 17.8 Å². The van der Waals surface area contributed by atoms with Crippen molar-refractivity contribution in [2.75, 3.05) is 5.43 Å². The van der Waals surface area contributed by atoms with Crippen LogP contribution in [0.15, 0.2) is 35.4 Å². The second-order valence-corrected chi connectivity index (χ2v) is 4.00. The van der Waals surface area contributed by atoms with Gasteiger partial charge in [-0.25, -0.2) is 14.3 Å². The van der Waals surface area contributed by atoms with E-state index >= 15 is 0 Å². The van der Waals surface area contributed by atoms with Crippen LogP contribution in [-0.4, -0.2) is 20.4 Å². The predicted molar refractivity (Wildman–Crippen MR) is 70.1 cm³/mol. The van der Waals surface area contributed by atoms with Gasteiger partial charge in [0.15, 0.2) is 0 Å². The molecule has 2 N–H and O–H groups in total. The van der Waals surface area contributed by atoms with Crippen LogP contribution in [0.25, 0.3) is 5.69 Å². The highest BCUT2D eigenvalue weighted by atomic mass is 35.5. The van der Waals surface area contributed by atoms with Gasteiger partial charge < -0.3 is 0 Å². The SMILES string of the molecule is CC(=O)NNc1ncn(-c2ccccc2Cl)c(=O)n1. The van der Waals surface area contributed by atoms with Crippen LogP contribution >= 0.6 is 11.6 Å². The second-order valence-electron chi connectivity index (χ2n) is 3.59. The minimum absolute atomic E-state index is 0.00324. The molecule has 0 unspecified atom stereocenters. The molecule has 98 valence electrons. The summed E-state index contributed by atoms with van der Waals surface area (Å²) in [7, 11) is 0. The molecule has 2 rings (SSSR count). The van der Waals surface area contributed by atoms with Gasteiger partial charge >= 0.3 is 5.69 Å². The fourth-order valence-corrected chi connectivity index (χ4v) is 1.58. The van der Waals surface area contributed by atoms with Crippen LogP contribution in [-0.2, 0) is 4.79 Å². The molecule has 0 aliphatic heterocycles. The number of hydrazine groups is 1. The summed E-state index contributed by atoms with van der Waals surface area (Å²) in [4.78, 5) is 30.1. The average Bonchev–Trinajstić information content (AvgIpc) is 2.38. The first-order valence-electron chi connectivity index (χ1n) is 5.31. The molecule has 0 radical (unpaired) electrons. The smallest absolute Gasteiger partial charge is 0.274 e. The first kappa shape index (κ1) is 13.0. The van der Waals surface area contributed by atoms with Crippen molar-refractivity contribution in [1.29, 1.82) is 0 Å². The van der Waals surface area contributed by atoms with Crippen LogP contribution in [0.4, 0.5) is 5.95 Å². The van der Waals surface area contributed by atoms with E-state index in [4.69, 9.17) is 11.6 Å². The highest BCUT2D eigenvalue weighted by molar-refractivity contribution is 6.32. The Morgan fingerprint density at radius 2 is 2.11 bits per heavy atom. The van der Waals surface area contributed by atoms with Gasteiger partial charge in [0.05, 0.1) is 10.7 Å². The molecule has 0 spiro atoms. The van der Waals surface area contributed by atoms with E-state index in [0.717, 1.165) is 0 Å². The topological polar surface area (TPSA) is 88.9 Å². The zero-order chi connectivity index (χ0) is 13.8. The van der Waals surface area contributed by atoms with E-state index in [1.807, 2.05) is 0 Å². The lowest BCUT2D eigenvalue weighted by atomic mass is 10.3. The van der Waals surface area contributed by atoms with Gasteiger partial charge in [0, 0.05) is 6.92 Å². The molecule has 1 aromatic carbocycles. The van der Waals surface area contributed by atoms with Crippen LogP contribution < -0.4 is 16.5 Å². The number of hydrogen-bond donors (Lipinski definition) is 2. The van der Waals surface area contributed by atoms with Crippen molar-refractivity contribution in [2.24, 2.45) is 0 Å². The molecule has 2 aromatic rings. The van der Waals surface area contributed by atoms with Gasteiger partial charge in [0.25, 0.3) is 0 Å². The maximum atomic E-state index is 11.8. The number of benzene rings is 1. The third kappa shape index (κ3) is 3.08. The van der Waals surface area contributed by atoms with Crippen molar-refractivity contribution in [3.8, 4) is 5.69 Å². The molecule has 8 heteroatoms. The van der Waals surface area contributed by atoms with Crippen molar-refractivity contribution >= 4 is 23.5 Å². The highest BCUT2D eigenvalue weighted by Gasteiger charge is 2.06. The molecule has 0 atom stereocenters. The Kier molecular flexibility index (Phi) is 3.76. The molecule has 1 heterocycles. The van der Waals surface area contributed by atoms with Crippen molar-refractivity contribution < 1.29 is 4.79 Å². The molecule has 0 bridgehead atoms. The highest BCUT2D eigenvalue weighted by Crippen LogP contribution is 2.17. The Morgan fingerprint density at radius 3 is 2.74 bits per heavy atom. The van der Waals surface area contributed by atoms with Gasteiger partial charge in [-0.3, -0.25) is 15.6 Å². The summed E-state index contributed by atoms with van der Waals surface area (Å²) in [6.07, 6.45) is 1.28. The van der Waals surface area contributed by atoms with Crippen LogP contribution in [0, 0.1) is 0 Å². The van der Waals surface area contributed by atoms with E-state index in [-0.39, 0.29) is 11.9 Å². The molecule has 19 heavy (non-hydrogen) atoms. The summed E-state index contributed by atoms with van der Waals surface area (Å²) in [6, 6.07) is 6.84. The van der Waals surface area contributed by atoms with Crippen LogP contribution in [0.3, 0.4) is 0 Å². The lowest BCUT2D eigenvalue weighted by Gasteiger charge is -2.08. The number of rotatable bonds is 3. The van der Waals surface area contributed by atoms with E-state index in [1.54, 1.807) is 24.3 Å². The lowest BCUT2D eigenvalue weighted by Crippen LogP contribution is -2.31. The monoisotopic (exact) mass is 279 g/mol. The number of aromatic nitrogens is 3. The Hall–Kier alpha value is -2.41. The first-order valence-corrected chi connectivity index (χ1v) is 5.69. The normalized spacial score (nSPS) is 10.0. The first-order chi connectivity index (χ1) is 9.08. The quantitative estimate of drug-likeness (QED) is 0.809. The Labute approximate surface area is 113 Å². The fraction of sp³-hybridized carbons (Fsp3) is 0.0909. The number of hydrogen-bond acceptors (Lipinski definition) is 5. The molecule has 0 fully saturated rings. The van der Waals surface area contributed by atoms with Crippen LogP contribution in [0.5, 0.6) is 0 Å². The zero-order valence-corrected chi connectivity index (χ0v) is 10.7. The number of amides is 1. The predicted octanol–water partition coefficient (Wildman–Crippen LogP) is 0.744. The molecule has 0 saturated heterocycles. The molecule has 7 nitrogen and oxygen atoms in total. The van der Waals surface area contributed by atoms with Crippen LogP contribution in [0.2, 0.25) is 5.02 Å².